The maximum atomic E-state index is 12.8. The van der Waals surface area contributed by atoms with Crippen molar-refractivity contribution in [2.24, 2.45) is 11.7 Å². The first-order valence-corrected chi connectivity index (χ1v) is 8.66. The van der Waals surface area contributed by atoms with E-state index in [4.69, 9.17) is 5.73 Å². The summed E-state index contributed by atoms with van der Waals surface area (Å²) in [6.07, 6.45) is 0. The zero-order valence-electron chi connectivity index (χ0n) is 11.9. The third kappa shape index (κ3) is 2.49. The summed E-state index contributed by atoms with van der Waals surface area (Å²) >= 11 is 0. The summed E-state index contributed by atoms with van der Waals surface area (Å²) in [5.74, 6) is 0.0266. The molecule has 0 aromatic heterocycles. The minimum atomic E-state index is -3.31. The molecule has 0 amide bonds. The van der Waals surface area contributed by atoms with Gasteiger partial charge in [-0.1, -0.05) is 48.0 Å². The minimum Gasteiger partial charge on any atom is -0.330 e. The predicted molar refractivity (Wildman–Crippen MR) is 83.9 cm³/mol. The maximum Gasteiger partial charge on any atom is 0.182 e. The molecule has 1 saturated carbocycles. The Morgan fingerprint density at radius 2 is 1.62 bits per heavy atom. The van der Waals surface area contributed by atoms with E-state index in [1.54, 1.807) is 24.3 Å². The highest BCUT2D eigenvalue weighted by atomic mass is 32.2. The van der Waals surface area contributed by atoms with Crippen molar-refractivity contribution in [3.05, 3.63) is 65.7 Å². The van der Waals surface area contributed by atoms with Crippen LogP contribution >= 0.6 is 0 Å². The van der Waals surface area contributed by atoms with Crippen molar-refractivity contribution < 1.29 is 8.42 Å². The van der Waals surface area contributed by atoms with Gasteiger partial charge >= 0.3 is 0 Å². The molecule has 2 aromatic rings. The summed E-state index contributed by atoms with van der Waals surface area (Å²) in [7, 11) is -3.31. The summed E-state index contributed by atoms with van der Waals surface area (Å²) in [6, 6.07) is 16.7. The van der Waals surface area contributed by atoms with Crippen LogP contribution in [0.5, 0.6) is 0 Å². The van der Waals surface area contributed by atoms with Crippen molar-refractivity contribution >= 4 is 9.84 Å². The van der Waals surface area contributed by atoms with Crippen LogP contribution in [0.2, 0.25) is 0 Å². The Morgan fingerprint density at radius 1 is 1.00 bits per heavy atom. The molecular formula is C17H19NO2S. The third-order valence-corrected chi connectivity index (χ3v) is 6.55. The lowest BCUT2D eigenvalue weighted by Gasteiger charge is -2.04. The van der Waals surface area contributed by atoms with E-state index in [2.05, 4.69) is 0 Å². The van der Waals surface area contributed by atoms with Gasteiger partial charge in [-0.3, -0.25) is 0 Å². The molecular weight excluding hydrogens is 282 g/mol. The van der Waals surface area contributed by atoms with Crippen molar-refractivity contribution in [1.82, 2.24) is 0 Å². The molecule has 0 unspecified atom stereocenters. The Labute approximate surface area is 125 Å². The molecule has 1 fully saturated rings. The Morgan fingerprint density at radius 3 is 2.19 bits per heavy atom. The molecule has 0 aliphatic heterocycles. The van der Waals surface area contributed by atoms with Gasteiger partial charge in [0.05, 0.1) is 10.1 Å². The van der Waals surface area contributed by atoms with E-state index < -0.39 is 15.1 Å². The lowest BCUT2D eigenvalue weighted by molar-refractivity contribution is 0.591. The highest BCUT2D eigenvalue weighted by Crippen LogP contribution is 2.53. The van der Waals surface area contributed by atoms with Crippen molar-refractivity contribution in [3.63, 3.8) is 0 Å². The highest BCUT2D eigenvalue weighted by Gasteiger charge is 2.57. The first kappa shape index (κ1) is 14.3. The fourth-order valence-electron chi connectivity index (χ4n) is 3.04. The largest absolute Gasteiger partial charge is 0.330 e. The summed E-state index contributed by atoms with van der Waals surface area (Å²) in [4.78, 5) is 0.392. The van der Waals surface area contributed by atoms with Crippen molar-refractivity contribution in [2.45, 2.75) is 23.0 Å². The molecule has 3 atom stereocenters. The number of aryl methyl sites for hydroxylation is 1. The van der Waals surface area contributed by atoms with Crippen LogP contribution in [0.15, 0.2) is 59.5 Å². The maximum absolute atomic E-state index is 12.8. The molecule has 0 saturated heterocycles. The first-order chi connectivity index (χ1) is 10.1. The number of hydrogen-bond acceptors (Lipinski definition) is 3. The Hall–Kier alpha value is -1.65. The predicted octanol–water partition coefficient (Wildman–Crippen LogP) is 2.51. The third-order valence-electron chi connectivity index (χ3n) is 4.26. The Balaban J connectivity index is 1.94. The standard InChI is InChI=1S/C17H19NO2S/c1-12-7-9-13(10-8-12)16-15(11-18)17(16)21(19,20)14-5-3-2-4-6-14/h2-10,15-17H,11,18H2,1H3/t15-,16+,17+/m1/s1. The van der Waals surface area contributed by atoms with Gasteiger partial charge in [0.15, 0.2) is 9.84 Å². The molecule has 0 radical (unpaired) electrons. The van der Waals surface area contributed by atoms with Crippen LogP contribution in [-0.2, 0) is 9.84 Å². The van der Waals surface area contributed by atoms with Gasteiger partial charge in [0.25, 0.3) is 0 Å². The number of hydrogen-bond donors (Lipinski definition) is 1. The normalized spacial score (nSPS) is 24.8. The van der Waals surface area contributed by atoms with Gasteiger partial charge in [-0.15, -0.1) is 0 Å². The van der Waals surface area contributed by atoms with Gasteiger partial charge in [0, 0.05) is 5.92 Å². The molecule has 21 heavy (non-hydrogen) atoms. The molecule has 110 valence electrons. The molecule has 3 nitrogen and oxygen atoms in total. The van der Waals surface area contributed by atoms with Crippen molar-refractivity contribution in [3.8, 4) is 0 Å². The Bertz CT molecular complexity index is 723. The molecule has 3 rings (SSSR count). The van der Waals surface area contributed by atoms with E-state index in [1.807, 2.05) is 37.3 Å². The molecule has 0 heterocycles. The molecule has 2 aromatic carbocycles. The smallest absolute Gasteiger partial charge is 0.182 e. The molecule has 1 aliphatic carbocycles. The zero-order valence-corrected chi connectivity index (χ0v) is 12.8. The summed E-state index contributed by atoms with van der Waals surface area (Å²) in [5, 5.41) is -0.396. The van der Waals surface area contributed by atoms with E-state index in [1.165, 1.54) is 5.56 Å². The number of benzene rings is 2. The quantitative estimate of drug-likeness (QED) is 0.944. The van der Waals surface area contributed by atoms with Crippen LogP contribution < -0.4 is 5.73 Å². The van der Waals surface area contributed by atoms with E-state index in [-0.39, 0.29) is 11.8 Å². The number of sulfone groups is 1. The highest BCUT2D eigenvalue weighted by molar-refractivity contribution is 7.92. The molecule has 4 heteroatoms. The lowest BCUT2D eigenvalue weighted by Crippen LogP contribution is -2.13. The van der Waals surface area contributed by atoms with Crippen LogP contribution in [-0.4, -0.2) is 20.2 Å². The van der Waals surface area contributed by atoms with Gasteiger partial charge in [-0.05, 0) is 37.1 Å². The average Bonchev–Trinajstić information content (AvgIpc) is 3.24. The zero-order chi connectivity index (χ0) is 15.0. The fourth-order valence-corrected chi connectivity index (χ4v) is 5.28. The average molecular weight is 301 g/mol. The molecule has 1 aliphatic rings. The van der Waals surface area contributed by atoms with Crippen molar-refractivity contribution in [2.75, 3.05) is 6.54 Å². The second-order valence-electron chi connectivity index (χ2n) is 5.66. The molecule has 0 bridgehead atoms. The number of nitrogens with two attached hydrogens (primary N) is 1. The monoisotopic (exact) mass is 301 g/mol. The second kappa shape index (κ2) is 5.28. The van der Waals surface area contributed by atoms with Crippen LogP contribution in [0.4, 0.5) is 0 Å². The second-order valence-corrected chi connectivity index (χ2v) is 7.76. The minimum absolute atomic E-state index is 0.0120. The van der Waals surface area contributed by atoms with Gasteiger partial charge in [-0.25, -0.2) is 8.42 Å². The van der Waals surface area contributed by atoms with Gasteiger partial charge in [-0.2, -0.15) is 0 Å². The van der Waals surface area contributed by atoms with Crippen molar-refractivity contribution in [1.29, 1.82) is 0 Å². The number of rotatable bonds is 4. The Kier molecular flexibility index (Phi) is 3.59. The summed E-state index contributed by atoms with van der Waals surface area (Å²) in [5.41, 5.74) is 8.03. The summed E-state index contributed by atoms with van der Waals surface area (Å²) < 4.78 is 25.5. The van der Waals surface area contributed by atoms with E-state index in [0.717, 1.165) is 5.56 Å². The van der Waals surface area contributed by atoms with Crippen LogP contribution in [0.3, 0.4) is 0 Å². The van der Waals surface area contributed by atoms with E-state index in [0.29, 0.717) is 11.4 Å². The summed E-state index contributed by atoms with van der Waals surface area (Å²) in [6.45, 7) is 2.42. The van der Waals surface area contributed by atoms with Gasteiger partial charge < -0.3 is 5.73 Å². The first-order valence-electron chi connectivity index (χ1n) is 7.11. The van der Waals surface area contributed by atoms with Gasteiger partial charge in [0.1, 0.15) is 0 Å². The lowest BCUT2D eigenvalue weighted by atomic mass is 10.1. The van der Waals surface area contributed by atoms with Crippen LogP contribution in [0.25, 0.3) is 0 Å². The van der Waals surface area contributed by atoms with E-state index >= 15 is 0 Å². The van der Waals surface area contributed by atoms with Gasteiger partial charge in [0.2, 0.25) is 0 Å². The van der Waals surface area contributed by atoms with Crippen LogP contribution in [0, 0.1) is 12.8 Å². The molecule has 2 N–H and O–H groups in total. The fraction of sp³-hybridized carbons (Fsp3) is 0.294. The topological polar surface area (TPSA) is 60.2 Å². The van der Waals surface area contributed by atoms with Crippen LogP contribution in [0.1, 0.15) is 17.0 Å². The molecule has 0 spiro atoms. The van der Waals surface area contributed by atoms with E-state index in [9.17, 15) is 8.42 Å². The SMILES string of the molecule is Cc1ccc([C@H]2[C@@H](CN)[C@@H]2S(=O)(=O)c2ccccc2)cc1.